The highest BCUT2D eigenvalue weighted by molar-refractivity contribution is 5.47. The van der Waals surface area contributed by atoms with Crippen LogP contribution in [0, 0.1) is 5.92 Å². The Kier molecular flexibility index (Phi) is 4.85. The molecule has 2 aromatic rings. The summed E-state index contributed by atoms with van der Waals surface area (Å²) in [6.07, 6.45) is 6.60. The van der Waals surface area contributed by atoms with Crippen molar-refractivity contribution >= 4 is 0 Å². The molecule has 2 fully saturated rings. The molecule has 4 rings (SSSR count). The van der Waals surface area contributed by atoms with Crippen molar-refractivity contribution in [3.8, 4) is 11.5 Å². The maximum atomic E-state index is 5.52. The van der Waals surface area contributed by atoms with E-state index in [1.807, 2.05) is 18.2 Å². The lowest BCUT2D eigenvalue weighted by atomic mass is 9.93. The van der Waals surface area contributed by atoms with Crippen LogP contribution >= 0.6 is 0 Å². The first kappa shape index (κ1) is 15.7. The summed E-state index contributed by atoms with van der Waals surface area (Å²) in [4.78, 5) is 11.5. The van der Waals surface area contributed by atoms with E-state index >= 15 is 0 Å². The number of piperidine rings is 2. The fourth-order valence-electron chi connectivity index (χ4n) is 3.79. The molecule has 6 nitrogen and oxygen atoms in total. The van der Waals surface area contributed by atoms with Gasteiger partial charge < -0.3 is 14.7 Å². The van der Waals surface area contributed by atoms with Crippen LogP contribution in [0.2, 0.25) is 0 Å². The number of nitrogens with one attached hydrogen (secondary N) is 1. The summed E-state index contributed by atoms with van der Waals surface area (Å²) in [5.41, 5.74) is 0.774. The molecule has 0 aromatic carbocycles. The molecule has 2 saturated heterocycles. The van der Waals surface area contributed by atoms with Crippen molar-refractivity contribution in [2.24, 2.45) is 5.92 Å². The van der Waals surface area contributed by atoms with Crippen molar-refractivity contribution in [2.45, 2.75) is 31.6 Å². The van der Waals surface area contributed by atoms with Gasteiger partial charge in [-0.3, -0.25) is 4.98 Å². The van der Waals surface area contributed by atoms with Crippen LogP contribution in [0.25, 0.3) is 11.5 Å². The van der Waals surface area contributed by atoms with Gasteiger partial charge in [-0.1, -0.05) is 11.2 Å². The Morgan fingerprint density at radius 2 is 1.96 bits per heavy atom. The summed E-state index contributed by atoms with van der Waals surface area (Å²) in [5.74, 6) is 2.63. The first-order chi connectivity index (χ1) is 11.9. The van der Waals surface area contributed by atoms with Gasteiger partial charge in [-0.05, 0) is 69.9 Å². The van der Waals surface area contributed by atoms with Crippen molar-refractivity contribution in [3.05, 3.63) is 30.3 Å². The Hall–Kier alpha value is -1.79. The van der Waals surface area contributed by atoms with E-state index in [0.717, 1.165) is 43.4 Å². The molecule has 128 valence electrons. The van der Waals surface area contributed by atoms with E-state index in [9.17, 15) is 0 Å². The zero-order chi connectivity index (χ0) is 16.2. The van der Waals surface area contributed by atoms with E-state index in [0.29, 0.717) is 11.7 Å². The molecule has 0 bridgehead atoms. The van der Waals surface area contributed by atoms with Gasteiger partial charge in [-0.25, -0.2) is 0 Å². The van der Waals surface area contributed by atoms with E-state index in [2.05, 4.69) is 25.3 Å². The Bertz CT molecular complexity index is 630. The molecule has 0 amide bonds. The van der Waals surface area contributed by atoms with Crippen molar-refractivity contribution in [3.63, 3.8) is 0 Å². The third-order valence-electron chi connectivity index (χ3n) is 5.25. The monoisotopic (exact) mass is 327 g/mol. The molecule has 2 aromatic heterocycles. The number of rotatable bonds is 4. The number of pyridine rings is 1. The minimum atomic E-state index is 0.388. The fraction of sp³-hybridized carbons (Fsp3) is 0.611. The summed E-state index contributed by atoms with van der Waals surface area (Å²) in [7, 11) is 0. The van der Waals surface area contributed by atoms with Gasteiger partial charge >= 0.3 is 0 Å². The van der Waals surface area contributed by atoms with Crippen LogP contribution in [0.5, 0.6) is 0 Å². The molecule has 4 heterocycles. The highest BCUT2D eigenvalue weighted by Crippen LogP contribution is 2.29. The van der Waals surface area contributed by atoms with E-state index < -0.39 is 0 Å². The third kappa shape index (κ3) is 3.65. The smallest absolute Gasteiger partial charge is 0.230 e. The Labute approximate surface area is 142 Å². The van der Waals surface area contributed by atoms with Gasteiger partial charge in [-0.15, -0.1) is 0 Å². The van der Waals surface area contributed by atoms with E-state index in [4.69, 9.17) is 4.52 Å². The van der Waals surface area contributed by atoms with Gasteiger partial charge in [0.05, 0.1) is 0 Å². The van der Waals surface area contributed by atoms with Crippen LogP contribution in [0.1, 0.15) is 37.5 Å². The van der Waals surface area contributed by atoms with Gasteiger partial charge in [0, 0.05) is 18.7 Å². The first-order valence-electron chi connectivity index (χ1n) is 9.06. The van der Waals surface area contributed by atoms with Crippen LogP contribution in [0.3, 0.4) is 0 Å². The SMILES string of the molecule is c1ccc(-c2noc(C3CCN(CC4CCNCC4)CC3)n2)nc1. The van der Waals surface area contributed by atoms with Crippen LogP contribution in [0.15, 0.2) is 28.9 Å². The van der Waals surface area contributed by atoms with E-state index in [1.54, 1.807) is 6.20 Å². The van der Waals surface area contributed by atoms with Crippen LogP contribution in [-0.4, -0.2) is 52.7 Å². The normalized spacial score (nSPS) is 21.2. The van der Waals surface area contributed by atoms with Gasteiger partial charge in [0.15, 0.2) is 0 Å². The molecular formula is C18H25N5O. The molecule has 0 saturated carbocycles. The zero-order valence-corrected chi connectivity index (χ0v) is 14.0. The first-order valence-corrected chi connectivity index (χ1v) is 9.06. The van der Waals surface area contributed by atoms with Gasteiger partial charge in [0.2, 0.25) is 11.7 Å². The number of aromatic nitrogens is 3. The summed E-state index contributed by atoms with van der Waals surface area (Å²) in [6, 6.07) is 5.75. The minimum Gasteiger partial charge on any atom is -0.339 e. The summed E-state index contributed by atoms with van der Waals surface area (Å²) >= 11 is 0. The fourth-order valence-corrected chi connectivity index (χ4v) is 3.79. The van der Waals surface area contributed by atoms with E-state index in [1.165, 1.54) is 32.5 Å². The molecule has 0 unspecified atom stereocenters. The summed E-state index contributed by atoms with van der Waals surface area (Å²) < 4.78 is 5.52. The van der Waals surface area contributed by atoms with Crippen LogP contribution < -0.4 is 5.32 Å². The largest absolute Gasteiger partial charge is 0.339 e. The molecule has 6 heteroatoms. The molecule has 2 aliphatic rings. The molecule has 24 heavy (non-hydrogen) atoms. The second-order valence-electron chi connectivity index (χ2n) is 6.94. The van der Waals surface area contributed by atoms with Crippen molar-refractivity contribution in [2.75, 3.05) is 32.7 Å². The third-order valence-corrected chi connectivity index (χ3v) is 5.25. The average Bonchev–Trinajstić information content (AvgIpc) is 3.14. The van der Waals surface area contributed by atoms with Crippen LogP contribution in [-0.2, 0) is 0 Å². The Morgan fingerprint density at radius 3 is 2.71 bits per heavy atom. The predicted molar refractivity (Wildman–Crippen MR) is 91.5 cm³/mol. The lowest BCUT2D eigenvalue weighted by Crippen LogP contribution is -2.39. The number of nitrogens with zero attached hydrogens (tertiary/aromatic N) is 4. The number of hydrogen-bond acceptors (Lipinski definition) is 6. The molecule has 0 spiro atoms. The quantitative estimate of drug-likeness (QED) is 0.929. The highest BCUT2D eigenvalue weighted by atomic mass is 16.5. The molecular weight excluding hydrogens is 302 g/mol. The van der Waals surface area contributed by atoms with Gasteiger partial charge in [0.25, 0.3) is 0 Å². The van der Waals surface area contributed by atoms with Crippen LogP contribution in [0.4, 0.5) is 0 Å². The summed E-state index contributed by atoms with van der Waals surface area (Å²) in [5, 5.41) is 7.55. The minimum absolute atomic E-state index is 0.388. The topological polar surface area (TPSA) is 67.1 Å². The Morgan fingerprint density at radius 1 is 1.12 bits per heavy atom. The highest BCUT2D eigenvalue weighted by Gasteiger charge is 2.27. The lowest BCUT2D eigenvalue weighted by molar-refractivity contribution is 0.157. The van der Waals surface area contributed by atoms with Gasteiger partial charge in [-0.2, -0.15) is 4.98 Å². The van der Waals surface area contributed by atoms with Crippen molar-refractivity contribution in [1.82, 2.24) is 25.3 Å². The molecule has 0 atom stereocenters. The molecule has 2 aliphatic heterocycles. The lowest BCUT2D eigenvalue weighted by Gasteiger charge is -2.34. The number of likely N-dealkylation sites (tertiary alicyclic amines) is 1. The summed E-state index contributed by atoms with van der Waals surface area (Å²) in [6.45, 7) is 5.88. The molecule has 0 aliphatic carbocycles. The second kappa shape index (κ2) is 7.40. The molecule has 1 N–H and O–H groups in total. The number of hydrogen-bond donors (Lipinski definition) is 1. The standard InChI is InChI=1S/C18H25N5O/c1-2-8-20-16(3-1)17-21-18(24-22-17)15-6-11-23(12-7-15)13-14-4-9-19-10-5-14/h1-3,8,14-15,19H,4-7,9-13H2. The zero-order valence-electron chi connectivity index (χ0n) is 14.0. The molecule has 0 radical (unpaired) electrons. The van der Waals surface area contributed by atoms with Crippen molar-refractivity contribution < 1.29 is 4.52 Å². The maximum Gasteiger partial charge on any atom is 0.230 e. The van der Waals surface area contributed by atoms with E-state index in [-0.39, 0.29) is 0 Å². The van der Waals surface area contributed by atoms with Crippen molar-refractivity contribution in [1.29, 1.82) is 0 Å². The average molecular weight is 327 g/mol. The Balaban J connectivity index is 1.32. The maximum absolute atomic E-state index is 5.52. The predicted octanol–water partition coefficient (Wildman–Crippen LogP) is 2.31. The second-order valence-corrected chi connectivity index (χ2v) is 6.94. The van der Waals surface area contributed by atoms with Gasteiger partial charge in [0.1, 0.15) is 5.69 Å².